The Morgan fingerprint density at radius 1 is 1.07 bits per heavy atom. The van der Waals surface area contributed by atoms with E-state index in [9.17, 15) is 9.59 Å². The number of hydrogen-bond acceptors (Lipinski definition) is 4. The van der Waals surface area contributed by atoms with Crippen LogP contribution in [-0.4, -0.2) is 12.5 Å². The molecule has 1 aromatic heterocycles. The quantitative estimate of drug-likeness (QED) is 0.516. The summed E-state index contributed by atoms with van der Waals surface area (Å²) in [6, 6.07) is 4.86. The van der Waals surface area contributed by atoms with Crippen molar-refractivity contribution in [3.05, 3.63) is 39.7 Å². The number of rotatable bonds is 8. The minimum atomic E-state index is -0.373. The van der Waals surface area contributed by atoms with Gasteiger partial charge in [0, 0.05) is 12.6 Å². The molecule has 0 atom stereocenters. The van der Waals surface area contributed by atoms with Crippen LogP contribution in [0.15, 0.2) is 27.4 Å². The van der Waals surface area contributed by atoms with Crippen molar-refractivity contribution >= 4 is 22.6 Å². The lowest BCUT2D eigenvalue weighted by molar-refractivity contribution is 0.0926. The molecule has 0 aliphatic rings. The van der Waals surface area contributed by atoms with E-state index < -0.39 is 0 Å². The van der Waals surface area contributed by atoms with E-state index in [1.165, 1.54) is 31.7 Å². The molecule has 0 radical (unpaired) electrons. The average molecular weight is 373 g/mol. The van der Waals surface area contributed by atoms with Crippen molar-refractivity contribution in [2.75, 3.05) is 12.3 Å². The van der Waals surface area contributed by atoms with Gasteiger partial charge in [0.05, 0.1) is 11.1 Å². The van der Waals surface area contributed by atoms with Gasteiger partial charge in [0.25, 0.3) is 5.91 Å². The summed E-state index contributed by atoms with van der Waals surface area (Å²) in [6.07, 6.45) is 6.90. The maximum Gasteiger partial charge on any atom is 0.287 e. The molecule has 5 heteroatoms. The molecule has 0 fully saturated rings. The monoisotopic (exact) mass is 372 g/mol. The van der Waals surface area contributed by atoms with Crippen molar-refractivity contribution in [3.63, 3.8) is 0 Å². The van der Waals surface area contributed by atoms with E-state index in [1.54, 1.807) is 6.07 Å². The lowest BCUT2D eigenvalue weighted by atomic mass is 9.86. The molecule has 2 rings (SSSR count). The molecular weight excluding hydrogens is 340 g/mol. The summed E-state index contributed by atoms with van der Waals surface area (Å²) in [4.78, 5) is 24.8. The first kappa shape index (κ1) is 21.0. The highest BCUT2D eigenvalue weighted by Gasteiger charge is 2.19. The number of amides is 1. The van der Waals surface area contributed by atoms with Crippen LogP contribution >= 0.6 is 0 Å². The molecule has 27 heavy (non-hydrogen) atoms. The van der Waals surface area contributed by atoms with Crippen LogP contribution in [0.4, 0.5) is 5.69 Å². The van der Waals surface area contributed by atoms with Gasteiger partial charge in [0.15, 0.2) is 16.8 Å². The van der Waals surface area contributed by atoms with Crippen LogP contribution in [0, 0.1) is 0 Å². The van der Waals surface area contributed by atoms with Gasteiger partial charge in [-0.25, -0.2) is 0 Å². The zero-order chi connectivity index (χ0) is 20.0. The van der Waals surface area contributed by atoms with Gasteiger partial charge in [0.2, 0.25) is 0 Å². The van der Waals surface area contributed by atoms with E-state index in [4.69, 9.17) is 10.2 Å². The number of nitrogens with two attached hydrogens (primary N) is 1. The van der Waals surface area contributed by atoms with Crippen molar-refractivity contribution in [1.82, 2.24) is 5.32 Å². The summed E-state index contributed by atoms with van der Waals surface area (Å²) < 4.78 is 5.68. The Bertz CT molecular complexity index is 847. The summed E-state index contributed by atoms with van der Waals surface area (Å²) in [6.45, 7) is 8.93. The Balaban J connectivity index is 2.10. The van der Waals surface area contributed by atoms with Gasteiger partial charge >= 0.3 is 0 Å². The second kappa shape index (κ2) is 9.07. The number of carbonyl (C=O) groups excluding carboxylic acids is 1. The Morgan fingerprint density at radius 3 is 2.41 bits per heavy atom. The molecular formula is C22H32N2O3. The molecule has 0 bridgehead atoms. The zero-order valence-electron chi connectivity index (χ0n) is 17.0. The van der Waals surface area contributed by atoms with Gasteiger partial charge < -0.3 is 15.5 Å². The number of benzene rings is 1. The van der Waals surface area contributed by atoms with E-state index in [1.807, 2.05) is 6.07 Å². The van der Waals surface area contributed by atoms with E-state index in [0.717, 1.165) is 18.4 Å². The van der Waals surface area contributed by atoms with Crippen molar-refractivity contribution in [1.29, 1.82) is 0 Å². The lowest BCUT2D eigenvalue weighted by Gasteiger charge is -2.20. The van der Waals surface area contributed by atoms with Crippen LogP contribution in [0.5, 0.6) is 0 Å². The van der Waals surface area contributed by atoms with Gasteiger partial charge in [-0.2, -0.15) is 0 Å². The number of anilines is 1. The summed E-state index contributed by atoms with van der Waals surface area (Å²) in [7, 11) is 0. The van der Waals surface area contributed by atoms with Gasteiger partial charge in [-0.15, -0.1) is 0 Å². The summed E-state index contributed by atoms with van der Waals surface area (Å²) in [5, 5.41) is 3.23. The van der Waals surface area contributed by atoms with Gasteiger partial charge in [-0.05, 0) is 29.5 Å². The summed E-state index contributed by atoms with van der Waals surface area (Å²) in [5.41, 5.74) is 7.33. The third-order valence-electron chi connectivity index (χ3n) is 4.76. The van der Waals surface area contributed by atoms with Crippen LogP contribution in [0.25, 0.3) is 11.0 Å². The van der Waals surface area contributed by atoms with E-state index in [-0.39, 0.29) is 28.1 Å². The Morgan fingerprint density at radius 2 is 1.74 bits per heavy atom. The molecule has 1 heterocycles. The normalized spacial score (nSPS) is 11.7. The molecule has 5 nitrogen and oxygen atoms in total. The number of nitrogens with one attached hydrogen (secondary N) is 1. The van der Waals surface area contributed by atoms with Crippen LogP contribution in [0.1, 0.15) is 82.3 Å². The van der Waals surface area contributed by atoms with Crippen LogP contribution in [-0.2, 0) is 5.41 Å². The molecule has 1 aromatic carbocycles. The number of hydrogen-bond donors (Lipinski definition) is 2. The Labute approximate surface area is 161 Å². The molecule has 0 unspecified atom stereocenters. The molecule has 0 spiro atoms. The minimum absolute atomic E-state index is 0.00805. The van der Waals surface area contributed by atoms with Gasteiger partial charge in [-0.3, -0.25) is 9.59 Å². The minimum Gasteiger partial charge on any atom is -0.448 e. The largest absolute Gasteiger partial charge is 0.448 e. The highest BCUT2D eigenvalue weighted by molar-refractivity contribution is 5.95. The summed E-state index contributed by atoms with van der Waals surface area (Å²) >= 11 is 0. The number of carbonyl (C=O) groups is 1. The Kier molecular flexibility index (Phi) is 7.05. The van der Waals surface area contributed by atoms with Crippen LogP contribution in [0.3, 0.4) is 0 Å². The second-order valence-electron chi connectivity index (χ2n) is 8.19. The zero-order valence-corrected chi connectivity index (χ0v) is 17.0. The fourth-order valence-corrected chi connectivity index (χ4v) is 3.02. The molecule has 148 valence electrons. The number of unbranched alkanes of at least 4 members (excludes halogenated alkanes) is 5. The lowest BCUT2D eigenvalue weighted by Crippen LogP contribution is -2.25. The third kappa shape index (κ3) is 5.59. The van der Waals surface area contributed by atoms with E-state index >= 15 is 0 Å². The molecule has 2 aromatic rings. The smallest absolute Gasteiger partial charge is 0.287 e. The van der Waals surface area contributed by atoms with Gasteiger partial charge in [-0.1, -0.05) is 59.8 Å². The first-order valence-corrected chi connectivity index (χ1v) is 9.90. The predicted octanol–water partition coefficient (Wildman–Crippen LogP) is 4.76. The maximum atomic E-state index is 12.5. The van der Waals surface area contributed by atoms with Crippen LogP contribution in [0.2, 0.25) is 0 Å². The predicted molar refractivity (Wildman–Crippen MR) is 111 cm³/mol. The van der Waals surface area contributed by atoms with Crippen LogP contribution < -0.4 is 16.5 Å². The third-order valence-corrected chi connectivity index (χ3v) is 4.76. The van der Waals surface area contributed by atoms with Gasteiger partial charge in [0.1, 0.15) is 0 Å². The first-order valence-electron chi connectivity index (χ1n) is 9.90. The van der Waals surface area contributed by atoms with Crippen molar-refractivity contribution in [2.24, 2.45) is 0 Å². The summed E-state index contributed by atoms with van der Waals surface area (Å²) in [5.74, 6) is -0.365. The van der Waals surface area contributed by atoms with Crippen molar-refractivity contribution < 1.29 is 9.21 Å². The topological polar surface area (TPSA) is 85.3 Å². The average Bonchev–Trinajstić information content (AvgIpc) is 2.60. The highest BCUT2D eigenvalue weighted by Crippen LogP contribution is 2.29. The van der Waals surface area contributed by atoms with E-state index in [2.05, 4.69) is 33.0 Å². The molecule has 1 amide bonds. The number of fused-ring (bicyclic) bond motifs is 1. The highest BCUT2D eigenvalue weighted by atomic mass is 16.3. The molecule has 0 aliphatic carbocycles. The SMILES string of the molecule is CCCCCCCCNC(=O)c1cc(=O)c2cc(C(C)(C)C)cc(N)c2o1. The molecule has 0 saturated carbocycles. The molecule has 3 N–H and O–H groups in total. The number of nitrogen functional groups attached to an aromatic ring is 1. The Hall–Kier alpha value is -2.30. The fourth-order valence-electron chi connectivity index (χ4n) is 3.02. The second-order valence-corrected chi connectivity index (χ2v) is 8.19. The molecule has 0 aliphatic heterocycles. The van der Waals surface area contributed by atoms with Crippen molar-refractivity contribution in [3.8, 4) is 0 Å². The maximum absolute atomic E-state index is 12.5. The first-order chi connectivity index (χ1) is 12.7. The van der Waals surface area contributed by atoms with Crippen molar-refractivity contribution in [2.45, 2.75) is 71.6 Å². The standard InChI is InChI=1S/C22H32N2O3/c1-5-6-7-8-9-10-11-24-21(26)19-14-18(25)16-12-15(22(2,3)4)13-17(23)20(16)27-19/h12-14H,5-11,23H2,1-4H3,(H,24,26). The fraction of sp³-hybridized carbons (Fsp3) is 0.545. The van der Waals surface area contributed by atoms with E-state index in [0.29, 0.717) is 17.6 Å². The molecule has 0 saturated heterocycles.